The molecule has 0 aliphatic carbocycles. The van der Waals surface area contributed by atoms with Crippen LogP contribution in [0.1, 0.15) is 17.7 Å². The number of allylic oxidation sites excluding steroid dienone is 1. The summed E-state index contributed by atoms with van der Waals surface area (Å²) in [5.41, 5.74) is 3.13. The summed E-state index contributed by atoms with van der Waals surface area (Å²) in [7, 11) is 0. The minimum atomic E-state index is 0.462. The van der Waals surface area contributed by atoms with Crippen LogP contribution in [0.5, 0.6) is 0 Å². The van der Waals surface area contributed by atoms with E-state index in [9.17, 15) is 4.79 Å². The molecule has 0 fully saturated rings. The highest BCUT2D eigenvalue weighted by molar-refractivity contribution is 5.81. The summed E-state index contributed by atoms with van der Waals surface area (Å²) in [4.78, 5) is 14.6. The molecular formula is C14H13NO. The van der Waals surface area contributed by atoms with Crippen LogP contribution in [0.15, 0.2) is 36.4 Å². The van der Waals surface area contributed by atoms with Crippen molar-refractivity contribution < 1.29 is 4.79 Å². The van der Waals surface area contributed by atoms with E-state index >= 15 is 0 Å². The number of fused-ring (bicyclic) bond motifs is 1. The van der Waals surface area contributed by atoms with Crippen LogP contribution in [-0.2, 0) is 4.79 Å². The molecular weight excluding hydrogens is 198 g/mol. The molecule has 0 N–H and O–H groups in total. The van der Waals surface area contributed by atoms with E-state index in [1.807, 2.05) is 37.3 Å². The van der Waals surface area contributed by atoms with Gasteiger partial charge in [0.15, 0.2) is 0 Å². The van der Waals surface area contributed by atoms with Crippen LogP contribution in [0.2, 0.25) is 0 Å². The number of hydrogen-bond acceptors (Lipinski definition) is 2. The number of benzene rings is 1. The van der Waals surface area contributed by atoms with Gasteiger partial charge in [-0.3, -0.25) is 4.98 Å². The normalized spacial score (nSPS) is 11.1. The zero-order valence-electron chi connectivity index (χ0n) is 9.18. The summed E-state index contributed by atoms with van der Waals surface area (Å²) in [6.07, 6.45) is 5.16. The molecule has 1 aromatic carbocycles. The third-order valence-electron chi connectivity index (χ3n) is 2.40. The van der Waals surface area contributed by atoms with Crippen molar-refractivity contribution in [2.45, 2.75) is 13.3 Å². The smallest absolute Gasteiger partial charge is 0.123 e. The lowest BCUT2D eigenvalue weighted by atomic mass is 10.1. The quantitative estimate of drug-likeness (QED) is 0.730. The van der Waals surface area contributed by atoms with Crippen LogP contribution >= 0.6 is 0 Å². The number of nitrogens with zero attached hydrogens (tertiary/aromatic N) is 1. The van der Waals surface area contributed by atoms with Crippen molar-refractivity contribution in [1.29, 1.82) is 0 Å². The Morgan fingerprint density at radius 2 is 2.12 bits per heavy atom. The number of rotatable bonds is 3. The minimum absolute atomic E-state index is 0.462. The maximum atomic E-state index is 10.2. The summed E-state index contributed by atoms with van der Waals surface area (Å²) >= 11 is 0. The van der Waals surface area contributed by atoms with Gasteiger partial charge in [-0.1, -0.05) is 24.3 Å². The van der Waals surface area contributed by atoms with Gasteiger partial charge in [0.1, 0.15) is 6.29 Å². The Kier molecular flexibility index (Phi) is 3.10. The lowest BCUT2D eigenvalue weighted by molar-refractivity contribution is -0.107. The third-order valence-corrected chi connectivity index (χ3v) is 2.40. The van der Waals surface area contributed by atoms with Gasteiger partial charge in [-0.2, -0.15) is 0 Å². The number of carbonyl (C=O) groups excluding carboxylic acids is 1. The minimum Gasteiger partial charge on any atom is -0.303 e. The van der Waals surface area contributed by atoms with Gasteiger partial charge < -0.3 is 4.79 Å². The molecule has 0 radical (unpaired) electrons. The van der Waals surface area contributed by atoms with Crippen molar-refractivity contribution >= 4 is 23.3 Å². The number of hydrogen-bond donors (Lipinski definition) is 0. The zero-order chi connectivity index (χ0) is 11.4. The van der Waals surface area contributed by atoms with Crippen LogP contribution in [0.4, 0.5) is 0 Å². The van der Waals surface area contributed by atoms with Gasteiger partial charge in [0.05, 0.1) is 5.52 Å². The van der Waals surface area contributed by atoms with Gasteiger partial charge in [-0.05, 0) is 30.7 Å². The van der Waals surface area contributed by atoms with E-state index in [1.54, 1.807) is 0 Å². The number of pyridine rings is 1. The maximum Gasteiger partial charge on any atom is 0.123 e. The van der Waals surface area contributed by atoms with Gasteiger partial charge in [0, 0.05) is 17.5 Å². The van der Waals surface area contributed by atoms with Crippen LogP contribution in [0.3, 0.4) is 0 Å². The summed E-state index contributed by atoms with van der Waals surface area (Å²) < 4.78 is 0. The van der Waals surface area contributed by atoms with Crippen LogP contribution in [-0.4, -0.2) is 11.3 Å². The summed E-state index contributed by atoms with van der Waals surface area (Å²) in [5.74, 6) is 0. The van der Waals surface area contributed by atoms with E-state index in [1.165, 1.54) is 0 Å². The highest BCUT2D eigenvalue weighted by Crippen LogP contribution is 2.15. The van der Waals surface area contributed by atoms with Crippen molar-refractivity contribution in [3.05, 3.63) is 47.7 Å². The van der Waals surface area contributed by atoms with E-state index in [0.717, 1.165) is 28.4 Å². The molecule has 0 unspecified atom stereocenters. The predicted octanol–water partition coefficient (Wildman–Crippen LogP) is 3.15. The van der Waals surface area contributed by atoms with Crippen molar-refractivity contribution in [2.75, 3.05) is 0 Å². The number of carbonyl (C=O) groups is 1. The Bertz CT molecular complexity index is 543. The molecule has 0 saturated carbocycles. The summed E-state index contributed by atoms with van der Waals surface area (Å²) in [6.45, 7) is 1.98. The zero-order valence-corrected chi connectivity index (χ0v) is 9.18. The van der Waals surface area contributed by atoms with E-state index in [2.05, 4.69) is 17.1 Å². The molecule has 0 atom stereocenters. The Labute approximate surface area is 94.6 Å². The fourth-order valence-corrected chi connectivity index (χ4v) is 1.61. The van der Waals surface area contributed by atoms with Gasteiger partial charge >= 0.3 is 0 Å². The van der Waals surface area contributed by atoms with Crippen LogP contribution in [0, 0.1) is 6.92 Å². The molecule has 80 valence electrons. The van der Waals surface area contributed by atoms with Crippen LogP contribution < -0.4 is 0 Å². The van der Waals surface area contributed by atoms with Gasteiger partial charge in [0.25, 0.3) is 0 Å². The molecule has 0 spiro atoms. The number of aromatic nitrogens is 1. The number of aryl methyl sites for hydroxylation is 1. The maximum absolute atomic E-state index is 10.2. The first-order valence-corrected chi connectivity index (χ1v) is 5.27. The standard InChI is InChI=1S/C14H13NO/c1-11-5-7-13-10-12(4-2-3-9-16)6-8-14(13)15-11/h2,4-10H,3H2,1H3. The summed E-state index contributed by atoms with van der Waals surface area (Å²) in [5, 5.41) is 1.12. The lowest BCUT2D eigenvalue weighted by Gasteiger charge is -2.00. The van der Waals surface area contributed by atoms with E-state index in [-0.39, 0.29) is 0 Å². The van der Waals surface area contributed by atoms with Crippen molar-refractivity contribution in [1.82, 2.24) is 4.98 Å². The first-order valence-electron chi connectivity index (χ1n) is 5.27. The fraction of sp³-hybridized carbons (Fsp3) is 0.143. The molecule has 1 aromatic heterocycles. The molecule has 0 bridgehead atoms. The lowest BCUT2D eigenvalue weighted by Crippen LogP contribution is -1.83. The molecule has 2 rings (SSSR count). The highest BCUT2D eigenvalue weighted by atomic mass is 16.1. The average Bonchev–Trinajstić information content (AvgIpc) is 2.29. The van der Waals surface area contributed by atoms with E-state index in [0.29, 0.717) is 6.42 Å². The number of aldehydes is 1. The molecule has 2 heteroatoms. The second-order valence-electron chi connectivity index (χ2n) is 3.71. The molecule has 2 nitrogen and oxygen atoms in total. The first kappa shape index (κ1) is 10.6. The third kappa shape index (κ3) is 2.34. The molecule has 0 aliphatic rings. The largest absolute Gasteiger partial charge is 0.303 e. The summed E-state index contributed by atoms with van der Waals surface area (Å²) in [6, 6.07) is 10.2. The van der Waals surface area contributed by atoms with E-state index < -0.39 is 0 Å². The molecule has 1 heterocycles. The highest BCUT2D eigenvalue weighted by Gasteiger charge is 1.95. The van der Waals surface area contributed by atoms with Crippen molar-refractivity contribution in [3.8, 4) is 0 Å². The molecule has 0 amide bonds. The molecule has 0 saturated heterocycles. The van der Waals surface area contributed by atoms with Crippen LogP contribution in [0.25, 0.3) is 17.0 Å². The first-order chi connectivity index (χ1) is 7.79. The second-order valence-corrected chi connectivity index (χ2v) is 3.71. The Morgan fingerprint density at radius 1 is 1.25 bits per heavy atom. The SMILES string of the molecule is Cc1ccc2cc(C=CCC=O)ccc2n1. The Morgan fingerprint density at radius 3 is 2.94 bits per heavy atom. The fourth-order valence-electron chi connectivity index (χ4n) is 1.61. The van der Waals surface area contributed by atoms with Gasteiger partial charge in [-0.25, -0.2) is 0 Å². The average molecular weight is 211 g/mol. The van der Waals surface area contributed by atoms with E-state index in [4.69, 9.17) is 0 Å². The molecule has 0 aliphatic heterocycles. The topological polar surface area (TPSA) is 30.0 Å². The van der Waals surface area contributed by atoms with Crippen molar-refractivity contribution in [3.63, 3.8) is 0 Å². The predicted molar refractivity (Wildman–Crippen MR) is 66.2 cm³/mol. The van der Waals surface area contributed by atoms with Gasteiger partial charge in [-0.15, -0.1) is 0 Å². The van der Waals surface area contributed by atoms with Gasteiger partial charge in [0.2, 0.25) is 0 Å². The monoisotopic (exact) mass is 211 g/mol. The Hall–Kier alpha value is -1.96. The Balaban J connectivity index is 2.36. The second kappa shape index (κ2) is 4.71. The molecule has 2 aromatic rings. The molecule has 16 heavy (non-hydrogen) atoms. The van der Waals surface area contributed by atoms with Crippen molar-refractivity contribution in [2.24, 2.45) is 0 Å².